The molecule has 3 unspecified atom stereocenters. The van der Waals surface area contributed by atoms with Gasteiger partial charge in [0, 0.05) is 24.6 Å². The number of likely N-dealkylation sites (tertiary alicyclic amines) is 1. The number of thiol groups is 1. The quantitative estimate of drug-likeness (QED) is 0.382. The van der Waals surface area contributed by atoms with Crippen LogP contribution in [0.4, 0.5) is 0 Å². The van der Waals surface area contributed by atoms with Crippen LogP contribution in [0, 0.1) is 17.3 Å². The van der Waals surface area contributed by atoms with Crippen molar-refractivity contribution in [1.82, 2.24) is 15.5 Å². The number of fused-ring (bicyclic) bond motifs is 1. The van der Waals surface area contributed by atoms with Gasteiger partial charge < -0.3 is 15.5 Å². The summed E-state index contributed by atoms with van der Waals surface area (Å²) in [5.41, 5.74) is 1.51. The first-order chi connectivity index (χ1) is 16.2. The highest BCUT2D eigenvalue weighted by Gasteiger charge is 2.39. The maximum atomic E-state index is 13.6. The zero-order valence-electron chi connectivity index (χ0n) is 20.9. The van der Waals surface area contributed by atoms with Crippen molar-refractivity contribution in [3.63, 3.8) is 0 Å². The van der Waals surface area contributed by atoms with Crippen molar-refractivity contribution in [2.24, 2.45) is 22.2 Å². The second-order valence-electron chi connectivity index (χ2n) is 10.2. The van der Waals surface area contributed by atoms with Crippen LogP contribution in [-0.4, -0.2) is 54.6 Å². The number of hydrogen-bond acceptors (Lipinski definition) is 5. The third kappa shape index (κ3) is 5.99. The topological polar surface area (TPSA) is 73.8 Å². The fraction of sp³-hybridized carbons (Fsp3) is 0.519. The van der Waals surface area contributed by atoms with E-state index in [-0.39, 0.29) is 29.8 Å². The number of carbonyl (C=O) groups is 2. The second kappa shape index (κ2) is 11.4. The third-order valence-corrected chi connectivity index (χ3v) is 7.00. The highest BCUT2D eigenvalue weighted by molar-refractivity contribution is 7.83. The molecule has 0 spiro atoms. The summed E-state index contributed by atoms with van der Waals surface area (Å²) in [6.45, 7) is 8.38. The van der Waals surface area contributed by atoms with Crippen LogP contribution in [-0.2, 0) is 9.59 Å². The van der Waals surface area contributed by atoms with Gasteiger partial charge in [0.2, 0.25) is 11.8 Å². The molecular formula is C27H38N4O2S. The van der Waals surface area contributed by atoms with E-state index in [0.717, 1.165) is 24.1 Å². The molecule has 6 nitrogen and oxygen atoms in total. The minimum atomic E-state index is -0.615. The number of rotatable bonds is 7. The minimum Gasteiger partial charge on any atom is -0.342 e. The van der Waals surface area contributed by atoms with Crippen molar-refractivity contribution in [1.29, 1.82) is 0 Å². The van der Waals surface area contributed by atoms with Gasteiger partial charge in [-0.1, -0.05) is 63.3 Å². The standard InChI is InChI=1S/C27H38N4O2S/c1-18(28-5)25(32)30-24(27(2,3)4)26(33)31-15-9-12-20(31)16-29-23(17-34)22-14-8-11-19-10-6-7-13-21(19)22/h6-8,10-11,13-14,16-21,24,28,34H,9,12,15H2,1-5H3,(H,30,32)/b23-17-,29-16?/t18-,19?,20-,21?,24?/m0/s1. The molecule has 0 saturated carbocycles. The Labute approximate surface area is 209 Å². The molecule has 34 heavy (non-hydrogen) atoms. The number of carbonyl (C=O) groups excluding carboxylic acids is 2. The molecule has 1 saturated heterocycles. The number of aliphatic imine (C=N–C) groups is 1. The van der Waals surface area contributed by atoms with Gasteiger partial charge in [0.15, 0.2) is 0 Å². The molecular weight excluding hydrogens is 444 g/mol. The molecule has 1 fully saturated rings. The van der Waals surface area contributed by atoms with E-state index in [0.29, 0.717) is 12.5 Å². The lowest BCUT2D eigenvalue weighted by molar-refractivity contribution is -0.139. The summed E-state index contributed by atoms with van der Waals surface area (Å²) in [6, 6.07) is -1.10. The first-order valence-electron chi connectivity index (χ1n) is 12.1. The number of hydrogen-bond donors (Lipinski definition) is 3. The monoisotopic (exact) mass is 482 g/mol. The average Bonchev–Trinajstić information content (AvgIpc) is 3.29. The molecule has 0 aromatic carbocycles. The predicted octanol–water partition coefficient (Wildman–Crippen LogP) is 3.81. The molecule has 184 valence electrons. The molecule has 2 amide bonds. The zero-order chi connectivity index (χ0) is 24.9. The molecule has 1 aliphatic heterocycles. The summed E-state index contributed by atoms with van der Waals surface area (Å²) in [5, 5.41) is 7.65. The van der Waals surface area contributed by atoms with Crippen LogP contribution in [0.15, 0.2) is 64.2 Å². The number of amides is 2. The van der Waals surface area contributed by atoms with Crippen molar-refractivity contribution >= 4 is 30.7 Å². The van der Waals surface area contributed by atoms with E-state index < -0.39 is 11.5 Å². The molecule has 1 heterocycles. The van der Waals surface area contributed by atoms with E-state index in [9.17, 15) is 9.59 Å². The first-order valence-corrected chi connectivity index (χ1v) is 12.6. The van der Waals surface area contributed by atoms with Crippen LogP contribution >= 0.6 is 12.6 Å². The van der Waals surface area contributed by atoms with Gasteiger partial charge in [-0.15, -0.1) is 12.6 Å². The summed E-state index contributed by atoms with van der Waals surface area (Å²) in [6.07, 6.45) is 18.5. The summed E-state index contributed by atoms with van der Waals surface area (Å²) < 4.78 is 0. The Morgan fingerprint density at radius 2 is 1.91 bits per heavy atom. The molecule has 5 atom stereocenters. The van der Waals surface area contributed by atoms with Crippen LogP contribution in [0.3, 0.4) is 0 Å². The lowest BCUT2D eigenvalue weighted by atomic mass is 9.78. The van der Waals surface area contributed by atoms with Crippen molar-refractivity contribution in [2.75, 3.05) is 13.6 Å². The van der Waals surface area contributed by atoms with Crippen LogP contribution in [0.5, 0.6) is 0 Å². The molecule has 3 aliphatic rings. The Morgan fingerprint density at radius 3 is 2.59 bits per heavy atom. The fourth-order valence-electron chi connectivity index (χ4n) is 4.56. The highest BCUT2D eigenvalue weighted by atomic mass is 32.1. The summed E-state index contributed by atoms with van der Waals surface area (Å²) in [5.74, 6) is 0.322. The van der Waals surface area contributed by atoms with Gasteiger partial charge >= 0.3 is 0 Å². The Morgan fingerprint density at radius 1 is 1.21 bits per heavy atom. The Hall–Kier alpha value is -2.38. The number of likely N-dealkylation sites (N-methyl/N-ethyl adjacent to an activating group) is 1. The van der Waals surface area contributed by atoms with E-state index in [1.165, 1.54) is 0 Å². The van der Waals surface area contributed by atoms with Gasteiger partial charge in [0.25, 0.3) is 0 Å². The maximum Gasteiger partial charge on any atom is 0.246 e. The summed E-state index contributed by atoms with van der Waals surface area (Å²) in [7, 11) is 1.73. The van der Waals surface area contributed by atoms with Crippen LogP contribution in [0.2, 0.25) is 0 Å². The van der Waals surface area contributed by atoms with Crippen LogP contribution in [0.1, 0.15) is 40.5 Å². The van der Waals surface area contributed by atoms with Gasteiger partial charge in [0.1, 0.15) is 6.04 Å². The molecule has 2 aliphatic carbocycles. The van der Waals surface area contributed by atoms with Crippen molar-refractivity contribution in [3.05, 3.63) is 59.2 Å². The van der Waals surface area contributed by atoms with E-state index >= 15 is 0 Å². The Bertz CT molecular complexity index is 954. The molecule has 7 heteroatoms. The molecule has 2 N–H and O–H groups in total. The highest BCUT2D eigenvalue weighted by Crippen LogP contribution is 2.36. The second-order valence-corrected chi connectivity index (χ2v) is 10.5. The van der Waals surface area contributed by atoms with Gasteiger partial charge in [-0.05, 0) is 43.2 Å². The molecule has 0 aromatic rings. The van der Waals surface area contributed by atoms with Crippen molar-refractivity contribution in [2.45, 2.75) is 58.7 Å². The molecule has 3 rings (SSSR count). The van der Waals surface area contributed by atoms with Gasteiger partial charge in [-0.3, -0.25) is 14.6 Å². The van der Waals surface area contributed by atoms with E-state index in [1.54, 1.807) is 19.4 Å². The van der Waals surface area contributed by atoms with Gasteiger partial charge in [-0.2, -0.15) is 0 Å². The van der Waals surface area contributed by atoms with Gasteiger partial charge in [0.05, 0.1) is 17.8 Å². The van der Waals surface area contributed by atoms with E-state index in [4.69, 9.17) is 4.99 Å². The lowest BCUT2D eigenvalue weighted by Crippen LogP contribution is -2.58. The van der Waals surface area contributed by atoms with Crippen molar-refractivity contribution in [3.8, 4) is 0 Å². The van der Waals surface area contributed by atoms with E-state index in [2.05, 4.69) is 65.8 Å². The fourth-order valence-corrected chi connectivity index (χ4v) is 4.77. The zero-order valence-corrected chi connectivity index (χ0v) is 21.8. The predicted molar refractivity (Wildman–Crippen MR) is 143 cm³/mol. The number of nitrogens with zero attached hydrogens (tertiary/aromatic N) is 2. The first kappa shape index (κ1) is 26.2. The SMILES string of the molecule is CN[C@@H](C)C(=O)NC(C(=O)N1CCC[C@H]1C=N/C(=C\S)C1=CC=CC2C=CC=CC12)C(C)(C)C. The normalized spacial score (nSPS) is 26.4. The molecule has 0 aromatic heterocycles. The maximum absolute atomic E-state index is 13.6. The third-order valence-electron chi connectivity index (χ3n) is 6.76. The largest absolute Gasteiger partial charge is 0.342 e. The molecule has 0 radical (unpaired) electrons. The van der Waals surface area contributed by atoms with E-state index in [1.807, 2.05) is 31.9 Å². The molecule has 0 bridgehead atoms. The minimum absolute atomic E-state index is 0.0604. The summed E-state index contributed by atoms with van der Waals surface area (Å²) in [4.78, 5) is 32.8. The van der Waals surface area contributed by atoms with Crippen molar-refractivity contribution < 1.29 is 9.59 Å². The average molecular weight is 483 g/mol. The Kier molecular flexibility index (Phi) is 8.77. The van der Waals surface area contributed by atoms with Crippen LogP contribution in [0.25, 0.3) is 0 Å². The van der Waals surface area contributed by atoms with Gasteiger partial charge in [-0.25, -0.2) is 0 Å². The number of allylic oxidation sites excluding steroid dienone is 8. The Balaban J connectivity index is 1.77. The summed E-state index contributed by atoms with van der Waals surface area (Å²) >= 11 is 4.44. The van der Waals surface area contributed by atoms with Crippen LogP contribution < -0.4 is 10.6 Å². The lowest BCUT2D eigenvalue weighted by Gasteiger charge is -2.35. The number of nitrogens with one attached hydrogen (secondary N) is 2. The smallest absolute Gasteiger partial charge is 0.246 e.